The molecule has 1 heterocycles. The van der Waals surface area contributed by atoms with Crippen molar-refractivity contribution in [3.05, 3.63) is 40.6 Å². The Hall–Kier alpha value is -1.90. The Morgan fingerprint density at radius 2 is 2.11 bits per heavy atom. The molecule has 1 aliphatic carbocycles. The molecule has 0 saturated heterocycles. The Balaban J connectivity index is 2.42. The normalized spacial score (nSPS) is 14.4. The van der Waals surface area contributed by atoms with E-state index in [0.717, 1.165) is 59.8 Å². The molecule has 0 amide bonds. The Morgan fingerprint density at radius 1 is 1.32 bits per heavy atom. The van der Waals surface area contributed by atoms with Gasteiger partial charge in [-0.2, -0.15) is 0 Å². The van der Waals surface area contributed by atoms with Crippen molar-refractivity contribution in [2.45, 2.75) is 39.0 Å². The van der Waals surface area contributed by atoms with Gasteiger partial charge in [0.05, 0.1) is 11.1 Å². The predicted octanol–water partition coefficient (Wildman–Crippen LogP) is 3.37. The second-order valence-corrected chi connectivity index (χ2v) is 5.09. The Morgan fingerprint density at radius 3 is 2.84 bits per heavy atom. The summed E-state index contributed by atoms with van der Waals surface area (Å²) in [5.74, 6) is -0.821. The highest BCUT2D eigenvalue weighted by molar-refractivity contribution is 6.05. The second kappa shape index (κ2) is 4.65. The number of aromatic nitrogens is 1. The number of hydrogen-bond acceptors (Lipinski definition) is 2. The van der Waals surface area contributed by atoms with Crippen LogP contribution in [0.4, 0.5) is 0 Å². The molecule has 0 fully saturated rings. The SMILES string of the molecule is CCc1cccc2c(C(=O)O)c3c(nc12)CCCC3. The maximum absolute atomic E-state index is 11.7. The van der Waals surface area contributed by atoms with Crippen molar-refractivity contribution in [2.75, 3.05) is 0 Å². The standard InChI is InChI=1S/C16H17NO2/c1-2-10-6-5-8-12-14(16(18)19)11-7-3-4-9-13(11)17-15(10)12/h5-6,8H,2-4,7,9H2,1H3,(H,18,19). The maximum Gasteiger partial charge on any atom is 0.336 e. The molecule has 3 heteroatoms. The van der Waals surface area contributed by atoms with Crippen LogP contribution in [0.15, 0.2) is 18.2 Å². The number of aromatic carboxylic acids is 1. The molecular formula is C16H17NO2. The highest BCUT2D eigenvalue weighted by Gasteiger charge is 2.22. The fourth-order valence-electron chi connectivity index (χ4n) is 3.03. The number of benzene rings is 1. The van der Waals surface area contributed by atoms with Gasteiger partial charge < -0.3 is 5.11 Å². The van der Waals surface area contributed by atoms with Crippen LogP contribution in [0, 0.1) is 0 Å². The first-order valence-corrected chi connectivity index (χ1v) is 6.89. The van der Waals surface area contributed by atoms with Crippen molar-refractivity contribution in [3.63, 3.8) is 0 Å². The van der Waals surface area contributed by atoms with Gasteiger partial charge in [0, 0.05) is 11.1 Å². The minimum absolute atomic E-state index is 0.481. The molecule has 0 saturated carbocycles. The lowest BCUT2D eigenvalue weighted by Crippen LogP contribution is -2.13. The van der Waals surface area contributed by atoms with E-state index in [1.54, 1.807) is 0 Å². The number of fused-ring (bicyclic) bond motifs is 2. The zero-order valence-electron chi connectivity index (χ0n) is 11.1. The third-order valence-electron chi connectivity index (χ3n) is 3.97. The van der Waals surface area contributed by atoms with Crippen molar-refractivity contribution in [2.24, 2.45) is 0 Å². The molecule has 0 radical (unpaired) electrons. The Kier molecular flexibility index (Phi) is 2.97. The maximum atomic E-state index is 11.7. The summed E-state index contributed by atoms with van der Waals surface area (Å²) in [6, 6.07) is 5.86. The molecule has 2 aromatic rings. The number of rotatable bonds is 2. The van der Waals surface area contributed by atoms with E-state index in [2.05, 4.69) is 6.92 Å². The van der Waals surface area contributed by atoms with Crippen LogP contribution in [0.1, 0.15) is 46.9 Å². The molecule has 1 N–H and O–H groups in total. The van der Waals surface area contributed by atoms with Crippen LogP contribution in [-0.4, -0.2) is 16.1 Å². The van der Waals surface area contributed by atoms with E-state index >= 15 is 0 Å². The van der Waals surface area contributed by atoms with Crippen LogP contribution in [0.2, 0.25) is 0 Å². The van der Waals surface area contributed by atoms with E-state index in [9.17, 15) is 9.90 Å². The fourth-order valence-corrected chi connectivity index (χ4v) is 3.03. The highest BCUT2D eigenvalue weighted by Crippen LogP contribution is 2.30. The monoisotopic (exact) mass is 255 g/mol. The zero-order valence-corrected chi connectivity index (χ0v) is 11.1. The molecule has 3 nitrogen and oxygen atoms in total. The molecule has 1 aliphatic rings. The van der Waals surface area contributed by atoms with Crippen LogP contribution in [0.25, 0.3) is 10.9 Å². The molecule has 0 bridgehead atoms. The molecule has 0 aliphatic heterocycles. The lowest BCUT2D eigenvalue weighted by molar-refractivity contribution is 0.0697. The van der Waals surface area contributed by atoms with Gasteiger partial charge in [0.2, 0.25) is 0 Å². The first-order valence-electron chi connectivity index (χ1n) is 6.89. The first kappa shape index (κ1) is 12.2. The zero-order chi connectivity index (χ0) is 13.4. The molecule has 98 valence electrons. The van der Waals surface area contributed by atoms with Gasteiger partial charge in [-0.25, -0.2) is 4.79 Å². The number of carboxylic acids is 1. The molecule has 0 unspecified atom stereocenters. The molecular weight excluding hydrogens is 238 g/mol. The number of para-hydroxylation sites is 1. The van der Waals surface area contributed by atoms with Crippen LogP contribution in [0.5, 0.6) is 0 Å². The number of carbonyl (C=O) groups is 1. The van der Waals surface area contributed by atoms with Crippen molar-refractivity contribution in [1.82, 2.24) is 4.98 Å². The van der Waals surface area contributed by atoms with Crippen LogP contribution in [-0.2, 0) is 19.3 Å². The topological polar surface area (TPSA) is 50.2 Å². The van der Waals surface area contributed by atoms with Gasteiger partial charge in [-0.05, 0) is 43.2 Å². The summed E-state index contributed by atoms with van der Waals surface area (Å²) >= 11 is 0. The number of carboxylic acid groups (broad SMARTS) is 1. The van der Waals surface area contributed by atoms with Crippen molar-refractivity contribution >= 4 is 16.9 Å². The summed E-state index contributed by atoms with van der Waals surface area (Å²) < 4.78 is 0. The lowest BCUT2D eigenvalue weighted by Gasteiger charge is -2.19. The van der Waals surface area contributed by atoms with Crippen LogP contribution < -0.4 is 0 Å². The third kappa shape index (κ3) is 1.89. The van der Waals surface area contributed by atoms with E-state index in [1.807, 2.05) is 18.2 Å². The number of pyridine rings is 1. The summed E-state index contributed by atoms with van der Waals surface area (Å²) in [6.07, 6.45) is 4.80. The number of hydrogen-bond donors (Lipinski definition) is 1. The minimum atomic E-state index is -0.821. The molecule has 0 spiro atoms. The quantitative estimate of drug-likeness (QED) is 0.895. The van der Waals surface area contributed by atoms with Gasteiger partial charge in [0.1, 0.15) is 0 Å². The van der Waals surface area contributed by atoms with E-state index < -0.39 is 5.97 Å². The fraction of sp³-hybridized carbons (Fsp3) is 0.375. The smallest absolute Gasteiger partial charge is 0.336 e. The molecule has 0 atom stereocenters. The Bertz CT molecular complexity index is 661. The van der Waals surface area contributed by atoms with Crippen LogP contribution in [0.3, 0.4) is 0 Å². The number of aryl methyl sites for hydroxylation is 2. The van der Waals surface area contributed by atoms with Gasteiger partial charge >= 0.3 is 5.97 Å². The van der Waals surface area contributed by atoms with Crippen molar-refractivity contribution < 1.29 is 9.90 Å². The van der Waals surface area contributed by atoms with E-state index in [-0.39, 0.29) is 0 Å². The molecule has 3 rings (SSSR count). The van der Waals surface area contributed by atoms with E-state index in [4.69, 9.17) is 4.98 Å². The number of nitrogens with zero attached hydrogens (tertiary/aromatic N) is 1. The van der Waals surface area contributed by atoms with Gasteiger partial charge in [0.15, 0.2) is 0 Å². The summed E-state index contributed by atoms with van der Waals surface area (Å²) in [5.41, 5.74) is 4.45. The summed E-state index contributed by atoms with van der Waals surface area (Å²) in [6.45, 7) is 2.08. The van der Waals surface area contributed by atoms with E-state index in [0.29, 0.717) is 5.56 Å². The van der Waals surface area contributed by atoms with E-state index in [1.165, 1.54) is 0 Å². The van der Waals surface area contributed by atoms with Crippen molar-refractivity contribution in [1.29, 1.82) is 0 Å². The largest absolute Gasteiger partial charge is 0.478 e. The van der Waals surface area contributed by atoms with Gasteiger partial charge in [-0.1, -0.05) is 25.1 Å². The van der Waals surface area contributed by atoms with Gasteiger partial charge in [-0.3, -0.25) is 4.98 Å². The van der Waals surface area contributed by atoms with Crippen LogP contribution >= 0.6 is 0 Å². The van der Waals surface area contributed by atoms with Gasteiger partial charge in [0.25, 0.3) is 0 Å². The third-order valence-corrected chi connectivity index (χ3v) is 3.97. The predicted molar refractivity (Wildman–Crippen MR) is 74.7 cm³/mol. The minimum Gasteiger partial charge on any atom is -0.478 e. The average molecular weight is 255 g/mol. The second-order valence-electron chi connectivity index (χ2n) is 5.09. The highest BCUT2D eigenvalue weighted by atomic mass is 16.4. The molecule has 19 heavy (non-hydrogen) atoms. The summed E-state index contributed by atoms with van der Waals surface area (Å²) in [7, 11) is 0. The Labute approximate surface area is 112 Å². The van der Waals surface area contributed by atoms with Gasteiger partial charge in [-0.15, -0.1) is 0 Å². The molecule has 1 aromatic heterocycles. The first-order chi connectivity index (χ1) is 9.22. The lowest BCUT2D eigenvalue weighted by atomic mass is 9.89. The summed E-state index contributed by atoms with van der Waals surface area (Å²) in [4.78, 5) is 16.4. The summed E-state index contributed by atoms with van der Waals surface area (Å²) in [5, 5.41) is 10.4. The molecule has 1 aromatic carbocycles. The van der Waals surface area contributed by atoms with Crippen molar-refractivity contribution in [3.8, 4) is 0 Å². The average Bonchev–Trinajstić information content (AvgIpc) is 2.43.